The zero-order chi connectivity index (χ0) is 32.1. The molecule has 0 N–H and O–H groups in total. The van der Waals surface area contributed by atoms with Crippen molar-refractivity contribution >= 4 is 6.71 Å². The predicted molar refractivity (Wildman–Crippen MR) is 198 cm³/mol. The Morgan fingerprint density at radius 1 is 0.458 bits per heavy atom. The lowest BCUT2D eigenvalue weighted by Gasteiger charge is -2.63. The Bertz CT molecular complexity index is 1130. The van der Waals surface area contributed by atoms with Gasteiger partial charge in [0, 0.05) is 0 Å². The Morgan fingerprint density at radius 2 is 1.00 bits per heavy atom. The van der Waals surface area contributed by atoms with E-state index in [-0.39, 0.29) is 0 Å². The average Bonchev–Trinajstić information content (AvgIpc) is 3.09. The van der Waals surface area contributed by atoms with Crippen LogP contribution in [0.4, 0.5) is 0 Å². The molecule has 10 aliphatic rings. The topological polar surface area (TPSA) is 18.5 Å². The molecule has 3 heteroatoms. The van der Waals surface area contributed by atoms with E-state index in [1.54, 1.807) is 57.8 Å². The maximum Gasteiger partial charge on any atom is 0.162 e. The molecule has 0 aromatic carbocycles. The zero-order valence-electron chi connectivity index (χ0n) is 31.5. The summed E-state index contributed by atoms with van der Waals surface area (Å²) >= 11 is 0. The monoisotopic (exact) mass is 657 g/mol. The third-order valence-corrected chi connectivity index (χ3v) is 18.6. The molecule has 8 saturated carbocycles. The van der Waals surface area contributed by atoms with Crippen LogP contribution in [-0.2, 0) is 9.47 Å². The summed E-state index contributed by atoms with van der Waals surface area (Å²) in [5.74, 6) is 13.8. The average molecular weight is 657 g/mol. The van der Waals surface area contributed by atoms with Crippen LogP contribution in [0.15, 0.2) is 0 Å². The molecule has 0 amide bonds. The van der Waals surface area contributed by atoms with E-state index in [4.69, 9.17) is 9.47 Å². The molecule has 2 heterocycles. The van der Waals surface area contributed by atoms with Crippen LogP contribution >= 0.6 is 0 Å². The van der Waals surface area contributed by atoms with Crippen LogP contribution in [0.1, 0.15) is 168 Å². The maximum atomic E-state index is 7.47. The van der Waals surface area contributed by atoms with Crippen molar-refractivity contribution in [3.63, 3.8) is 0 Å². The standard InChI is InChI=1S/C45H73BO2/c1-45(2,3)26-27-22-40-44-41(23-27)48-39-21-17-33(34-18-14-31-13-12-29-10-7-11-30-15-19-35(34)43(31)42(29)30)25-37(39)46(44)36-24-32(16-20-38(36)47-40)28-8-5-4-6-9-28/h27-44H,4-26H2,1-3H3/t27?,29?,30-,31+,32?,33-,34?,35-,36+,37?,38?,39+,40?,41?,42-,43?,44+/m0/s1. The van der Waals surface area contributed by atoms with Gasteiger partial charge in [-0.1, -0.05) is 85.0 Å². The first-order valence-corrected chi connectivity index (χ1v) is 22.7. The van der Waals surface area contributed by atoms with Crippen LogP contribution in [-0.4, -0.2) is 31.1 Å². The third kappa shape index (κ3) is 5.68. The van der Waals surface area contributed by atoms with Crippen molar-refractivity contribution in [1.29, 1.82) is 0 Å². The van der Waals surface area contributed by atoms with Crippen molar-refractivity contribution in [2.75, 3.05) is 0 Å². The Hall–Kier alpha value is -0.0151. The van der Waals surface area contributed by atoms with E-state index in [0.29, 0.717) is 35.6 Å². The van der Waals surface area contributed by atoms with Gasteiger partial charge in [0.05, 0.1) is 24.4 Å². The molecular formula is C45H73BO2. The number of hydrogen-bond donors (Lipinski definition) is 0. The predicted octanol–water partition coefficient (Wildman–Crippen LogP) is 12.0. The highest BCUT2D eigenvalue weighted by molar-refractivity contribution is 6.65. The van der Waals surface area contributed by atoms with Crippen LogP contribution in [0.5, 0.6) is 0 Å². The van der Waals surface area contributed by atoms with E-state index < -0.39 is 0 Å². The minimum absolute atomic E-state index is 0.398. The lowest BCUT2D eigenvalue weighted by Crippen LogP contribution is -2.64. The number of fused-ring (bicyclic) bond motifs is 4. The highest BCUT2D eigenvalue weighted by atomic mass is 16.5. The summed E-state index contributed by atoms with van der Waals surface area (Å²) in [6.45, 7) is 8.29. The summed E-state index contributed by atoms with van der Waals surface area (Å²) in [6.07, 6.45) is 36.7. The molecule has 2 aliphatic heterocycles. The van der Waals surface area contributed by atoms with Gasteiger partial charge in [0.1, 0.15) is 0 Å². The van der Waals surface area contributed by atoms with Gasteiger partial charge >= 0.3 is 0 Å². The Balaban J connectivity index is 0.931. The lowest BCUT2D eigenvalue weighted by molar-refractivity contribution is -0.154. The molecule has 17 atom stereocenters. The zero-order valence-corrected chi connectivity index (χ0v) is 31.5. The van der Waals surface area contributed by atoms with E-state index in [2.05, 4.69) is 20.8 Å². The van der Waals surface area contributed by atoms with Gasteiger partial charge in [-0.25, -0.2) is 0 Å². The van der Waals surface area contributed by atoms with Gasteiger partial charge < -0.3 is 9.47 Å². The van der Waals surface area contributed by atoms with E-state index in [9.17, 15) is 0 Å². The minimum Gasteiger partial charge on any atom is -0.376 e. The van der Waals surface area contributed by atoms with Crippen molar-refractivity contribution in [3.05, 3.63) is 0 Å². The van der Waals surface area contributed by atoms with Crippen molar-refractivity contribution < 1.29 is 9.47 Å². The van der Waals surface area contributed by atoms with Crippen LogP contribution in [0, 0.1) is 70.5 Å². The Morgan fingerprint density at radius 3 is 1.67 bits per heavy atom. The van der Waals surface area contributed by atoms with E-state index in [1.165, 1.54) is 89.9 Å². The highest BCUT2D eigenvalue weighted by Crippen LogP contribution is 2.66. The molecular weight excluding hydrogens is 583 g/mol. The normalized spacial score (nSPS) is 53.6. The van der Waals surface area contributed by atoms with Crippen LogP contribution in [0.2, 0.25) is 17.5 Å². The fraction of sp³-hybridized carbons (Fsp3) is 1.00. The molecule has 0 aromatic rings. The summed E-state index contributed by atoms with van der Waals surface area (Å²) < 4.78 is 14.9. The van der Waals surface area contributed by atoms with Gasteiger partial charge in [-0.3, -0.25) is 0 Å². The fourth-order valence-electron chi connectivity index (χ4n) is 17.4. The van der Waals surface area contributed by atoms with Gasteiger partial charge in [0.25, 0.3) is 0 Å². The third-order valence-electron chi connectivity index (χ3n) is 18.6. The SMILES string of the molecule is CC(C)(C)CC1CC2OC3CCC(C4CCCCC4)C[C@H]3B3C4C[C@@H](C5CC[C@H]6CCC7CCC[C@H]8CC[C@@H]5C6[C@@H]78)CC[C@H]4OC(C1)[C@H]32. The summed E-state index contributed by atoms with van der Waals surface area (Å²) in [5, 5.41) is 0. The molecule has 0 aromatic heterocycles. The molecule has 0 spiro atoms. The van der Waals surface area contributed by atoms with Gasteiger partial charge in [0.15, 0.2) is 6.71 Å². The van der Waals surface area contributed by atoms with Gasteiger partial charge in [-0.2, -0.15) is 0 Å². The molecule has 0 bridgehead atoms. The second kappa shape index (κ2) is 12.8. The first kappa shape index (κ1) is 32.6. The van der Waals surface area contributed by atoms with Crippen molar-refractivity contribution in [3.8, 4) is 0 Å². The Labute approximate surface area is 296 Å². The molecule has 48 heavy (non-hydrogen) atoms. The van der Waals surface area contributed by atoms with Crippen LogP contribution in [0.25, 0.3) is 0 Å². The minimum atomic E-state index is 0.398. The fourth-order valence-corrected chi connectivity index (χ4v) is 17.4. The van der Waals surface area contributed by atoms with Crippen LogP contribution in [0.3, 0.4) is 0 Å². The number of ether oxygens (including phenoxy) is 2. The van der Waals surface area contributed by atoms with Gasteiger partial charge in [-0.15, -0.1) is 0 Å². The van der Waals surface area contributed by atoms with E-state index >= 15 is 0 Å². The second-order valence-electron chi connectivity index (χ2n) is 22.0. The molecule has 9 unspecified atom stereocenters. The first-order valence-electron chi connectivity index (χ1n) is 22.7. The summed E-state index contributed by atoms with van der Waals surface area (Å²) in [6, 6.07) is 0. The largest absolute Gasteiger partial charge is 0.376 e. The van der Waals surface area contributed by atoms with E-state index in [1.807, 2.05) is 0 Å². The van der Waals surface area contributed by atoms with E-state index in [0.717, 1.165) is 83.4 Å². The van der Waals surface area contributed by atoms with Crippen molar-refractivity contribution in [1.82, 2.24) is 0 Å². The quantitative estimate of drug-likeness (QED) is 0.282. The molecule has 8 aliphatic carbocycles. The number of hydrogen-bond acceptors (Lipinski definition) is 2. The highest BCUT2D eigenvalue weighted by Gasteiger charge is 2.63. The molecule has 0 radical (unpaired) electrons. The van der Waals surface area contributed by atoms with Crippen LogP contribution < -0.4 is 0 Å². The first-order chi connectivity index (χ1) is 23.4. The van der Waals surface area contributed by atoms with Crippen molar-refractivity contribution in [2.45, 2.75) is 210 Å². The van der Waals surface area contributed by atoms with Gasteiger partial charge in [0.2, 0.25) is 0 Å². The lowest BCUT2D eigenvalue weighted by atomic mass is 9.20. The molecule has 10 fully saturated rings. The molecule has 10 rings (SSSR count). The molecule has 268 valence electrons. The van der Waals surface area contributed by atoms with Crippen molar-refractivity contribution in [2.24, 2.45) is 70.5 Å². The second-order valence-corrected chi connectivity index (χ2v) is 22.0. The molecule has 2 nitrogen and oxygen atoms in total. The Kier molecular flexibility index (Phi) is 8.72. The summed E-state index contributed by atoms with van der Waals surface area (Å²) in [5.41, 5.74) is 0.398. The number of rotatable bonds is 3. The summed E-state index contributed by atoms with van der Waals surface area (Å²) in [4.78, 5) is 0. The summed E-state index contributed by atoms with van der Waals surface area (Å²) in [7, 11) is 0. The smallest absolute Gasteiger partial charge is 0.162 e. The van der Waals surface area contributed by atoms with Gasteiger partial charge in [-0.05, 0) is 171 Å². The molecule has 2 saturated heterocycles. The maximum absolute atomic E-state index is 7.47.